The van der Waals surface area contributed by atoms with Crippen molar-refractivity contribution in [1.29, 1.82) is 0 Å². The van der Waals surface area contributed by atoms with Crippen molar-refractivity contribution in [1.82, 2.24) is 0 Å². The first-order valence-corrected chi connectivity index (χ1v) is 47.0. The highest BCUT2D eigenvalue weighted by atomic mass is 16.5. The zero-order chi connectivity index (χ0) is 91.1. The van der Waals surface area contributed by atoms with Crippen LogP contribution in [0.2, 0.25) is 0 Å². The van der Waals surface area contributed by atoms with E-state index in [2.05, 4.69) is 406 Å². The van der Waals surface area contributed by atoms with Gasteiger partial charge in [-0.05, 0) is 213 Å². The Bertz CT molecular complexity index is 8180. The molecule has 8 heterocycles. The molecule has 0 atom stereocenters. The van der Waals surface area contributed by atoms with Gasteiger partial charge in [-0.3, -0.25) is 0 Å². The lowest BCUT2D eigenvalue weighted by Crippen LogP contribution is -2.57. The summed E-state index contributed by atoms with van der Waals surface area (Å²) in [5, 5.41) is 0. The van der Waals surface area contributed by atoms with Crippen LogP contribution in [-0.2, 0) is 0 Å². The SMILES string of the molecule is c1ccc(-c2ccc3c(c2)B2c4ccccc4Oc4c(-c5ccccc5)ccc(c42)O3)cc1.c1ccc(-c2ccc3c(c2)B2c4ccccc4Oc4ccc(-c5ccccc5)c(c42)O3)cc1.c1ccc(-c2ccc3c(c2)Oc2c(-c4ccccc4)ccc4c2B3c2cc(-c3ccccc3)ccc2O4)cc1.c1ccc(-c2ccc3c(c2)Oc2cccc4c2B3c2cccc(-c3ccccc3)c2O4)cc1. The molecule has 0 amide bonds. The van der Waals surface area contributed by atoms with Crippen molar-refractivity contribution in [3.63, 3.8) is 0 Å². The maximum absolute atomic E-state index is 6.82. The van der Waals surface area contributed by atoms with E-state index < -0.39 is 0 Å². The Morgan fingerprint density at radius 1 is 0.109 bits per heavy atom. The predicted molar refractivity (Wildman–Crippen MR) is 565 cm³/mol. The summed E-state index contributed by atoms with van der Waals surface area (Å²) in [4.78, 5) is 0. The van der Waals surface area contributed by atoms with E-state index in [0.29, 0.717) is 0 Å². The van der Waals surface area contributed by atoms with E-state index >= 15 is 0 Å². The first-order chi connectivity index (χ1) is 68.4. The first-order valence-electron chi connectivity index (χ1n) is 47.0. The molecule has 0 aromatic heterocycles. The first kappa shape index (κ1) is 81.1. The molecule has 138 heavy (non-hydrogen) atoms. The molecule has 12 heteroatoms. The van der Waals surface area contributed by atoms with Crippen LogP contribution in [-0.4, -0.2) is 26.9 Å². The van der Waals surface area contributed by atoms with Gasteiger partial charge >= 0.3 is 0 Å². The van der Waals surface area contributed by atoms with Crippen LogP contribution in [0.25, 0.3) is 100 Å². The zero-order valence-corrected chi connectivity index (χ0v) is 74.8. The lowest BCUT2D eigenvalue weighted by atomic mass is 9.34. The van der Waals surface area contributed by atoms with Crippen molar-refractivity contribution in [2.24, 2.45) is 0 Å². The van der Waals surface area contributed by atoms with Gasteiger partial charge in [0.2, 0.25) is 0 Å². The molecule has 0 radical (unpaired) electrons. The van der Waals surface area contributed by atoms with Crippen LogP contribution < -0.4 is 103 Å². The van der Waals surface area contributed by atoms with E-state index in [9.17, 15) is 0 Å². The number of benzene rings is 21. The summed E-state index contributed by atoms with van der Waals surface area (Å²) in [6.07, 6.45) is 0. The van der Waals surface area contributed by atoms with Gasteiger partial charge in [0, 0.05) is 44.1 Å². The van der Waals surface area contributed by atoms with Crippen LogP contribution in [0.15, 0.2) is 485 Å². The highest BCUT2D eigenvalue weighted by Gasteiger charge is 2.47. The Hall–Kier alpha value is -17.7. The van der Waals surface area contributed by atoms with Gasteiger partial charge in [-0.1, -0.05) is 394 Å². The topological polar surface area (TPSA) is 73.8 Å². The van der Waals surface area contributed by atoms with Gasteiger partial charge < -0.3 is 37.9 Å². The fourth-order valence-electron chi connectivity index (χ4n) is 21.3. The van der Waals surface area contributed by atoms with Crippen molar-refractivity contribution in [2.75, 3.05) is 0 Å². The quantitative estimate of drug-likeness (QED) is 0.132. The highest BCUT2D eigenvalue weighted by molar-refractivity contribution is 7.00. The van der Waals surface area contributed by atoms with Gasteiger partial charge in [-0.15, -0.1) is 0 Å². The molecule has 644 valence electrons. The monoisotopic (exact) mass is 1760 g/mol. The summed E-state index contributed by atoms with van der Waals surface area (Å²) in [5.74, 6) is 14.2. The third kappa shape index (κ3) is 14.4. The zero-order valence-electron chi connectivity index (χ0n) is 74.8. The highest BCUT2D eigenvalue weighted by Crippen LogP contribution is 2.48. The minimum atomic E-state index is -0.000326. The fourth-order valence-corrected chi connectivity index (χ4v) is 21.3. The van der Waals surface area contributed by atoms with Gasteiger partial charge in [0.05, 0.1) is 0 Å². The Morgan fingerprint density at radius 3 is 0.696 bits per heavy atom. The second kappa shape index (κ2) is 34.4. The molecule has 21 aromatic rings. The fraction of sp³-hybridized carbons (Fsp3) is 0. The van der Waals surface area contributed by atoms with E-state index in [0.717, 1.165) is 180 Å². The molecule has 29 rings (SSSR count). The average Bonchev–Trinajstić information content (AvgIpc) is 0.722. The number of hydrogen-bond donors (Lipinski definition) is 0. The van der Waals surface area contributed by atoms with E-state index in [1.54, 1.807) is 0 Å². The number of rotatable bonds is 9. The molecule has 21 aromatic carbocycles. The van der Waals surface area contributed by atoms with E-state index in [-0.39, 0.29) is 26.9 Å². The molecule has 0 bridgehead atoms. The van der Waals surface area contributed by atoms with Crippen molar-refractivity contribution >= 4 is 92.4 Å². The van der Waals surface area contributed by atoms with Gasteiger partial charge in [0.1, 0.15) is 92.0 Å². The Morgan fingerprint density at radius 2 is 0.326 bits per heavy atom. The Balaban J connectivity index is 0.0000000953. The number of fused-ring (bicyclic) bond motifs is 16. The summed E-state index contributed by atoms with van der Waals surface area (Å²) in [6.45, 7) is 0.170. The Labute approximate surface area is 802 Å². The predicted octanol–water partition coefficient (Wildman–Crippen LogP) is 24.7. The van der Waals surface area contributed by atoms with Gasteiger partial charge in [0.15, 0.2) is 0 Å². The van der Waals surface area contributed by atoms with Crippen molar-refractivity contribution in [3.05, 3.63) is 485 Å². The molecule has 0 saturated heterocycles. The summed E-state index contributed by atoms with van der Waals surface area (Å²) >= 11 is 0. The van der Waals surface area contributed by atoms with Crippen LogP contribution >= 0.6 is 0 Å². The molecule has 0 saturated carbocycles. The van der Waals surface area contributed by atoms with Crippen LogP contribution in [0, 0.1) is 0 Å². The minimum absolute atomic E-state index is 0.000326. The Kier molecular flexibility index (Phi) is 20.2. The van der Waals surface area contributed by atoms with Crippen molar-refractivity contribution < 1.29 is 37.9 Å². The lowest BCUT2D eigenvalue weighted by Gasteiger charge is -2.34. The van der Waals surface area contributed by atoms with E-state index in [4.69, 9.17) is 37.9 Å². The molecule has 8 aliphatic heterocycles. The van der Waals surface area contributed by atoms with Crippen molar-refractivity contribution in [3.8, 4) is 192 Å². The summed E-state index contributed by atoms with van der Waals surface area (Å²) in [6, 6.07) is 169. The van der Waals surface area contributed by atoms with Crippen LogP contribution in [0.1, 0.15) is 0 Å². The minimum Gasteiger partial charge on any atom is -0.458 e. The molecule has 8 nitrogen and oxygen atoms in total. The molecule has 0 fully saturated rings. The molecule has 0 unspecified atom stereocenters. The molecular weight excluding hydrogens is 1680 g/mol. The van der Waals surface area contributed by atoms with Crippen molar-refractivity contribution in [2.45, 2.75) is 0 Å². The summed E-state index contributed by atoms with van der Waals surface area (Å²) in [5.41, 5.74) is 34.4. The third-order valence-corrected chi connectivity index (χ3v) is 27.7. The normalized spacial score (nSPS) is 12.6. The standard InChI is InChI=1S/C36H23BO2.3C30H19BO2/c1-4-10-24(11-5-1)27-17-20-32-31(22-27)37-30-19-16-28(25-12-6-2-7-13-25)23-34(30)39-36-29(26-14-8-3-9-15-26)18-21-33(38-32)35(36)37;1-3-9-20(10-4-1)22-17-18-24-28(19-22)32-26-15-8-16-27-29(26)31(24)25-14-7-13-23(30(25)33-27)21-11-5-2-6-12-21;1-3-9-20(10-4-1)22-15-17-27-25(19-22)31-24-13-7-8-14-26(24)33-30-23(21-11-5-2-6-12-21)16-18-28(32-27)29(30)31;1-3-9-20(10-4-1)22-15-17-27-25(19-22)31-24-13-7-8-14-26(24)32-28-18-16-23(30(33-27)29(28)31)21-11-5-2-6-12-21/h1-23H;3*1-19H. The number of para-hydroxylation sites is 3. The van der Waals surface area contributed by atoms with E-state index in [1.807, 2.05) is 78.9 Å². The van der Waals surface area contributed by atoms with E-state index in [1.165, 1.54) is 77.3 Å². The second-order valence-electron chi connectivity index (χ2n) is 35.6. The molecule has 0 spiro atoms. The third-order valence-electron chi connectivity index (χ3n) is 27.7. The molecule has 0 aliphatic carbocycles. The average molecular weight is 1770 g/mol. The van der Waals surface area contributed by atoms with Crippen LogP contribution in [0.3, 0.4) is 0 Å². The second-order valence-corrected chi connectivity index (χ2v) is 35.6. The van der Waals surface area contributed by atoms with Gasteiger partial charge in [-0.2, -0.15) is 0 Å². The van der Waals surface area contributed by atoms with Crippen LogP contribution in [0.5, 0.6) is 92.0 Å². The van der Waals surface area contributed by atoms with Gasteiger partial charge in [0.25, 0.3) is 26.9 Å². The molecule has 0 N–H and O–H groups in total. The molecule has 8 aliphatic rings. The molecular formula is C126H80B4O8. The largest absolute Gasteiger partial charge is 0.458 e. The summed E-state index contributed by atoms with van der Waals surface area (Å²) in [7, 11) is 0. The summed E-state index contributed by atoms with van der Waals surface area (Å²) < 4.78 is 52.3. The van der Waals surface area contributed by atoms with Crippen LogP contribution in [0.4, 0.5) is 0 Å². The lowest BCUT2D eigenvalue weighted by molar-refractivity contribution is 0.465. The maximum Gasteiger partial charge on any atom is 0.260 e. The maximum atomic E-state index is 6.82. The smallest absolute Gasteiger partial charge is 0.260 e. The number of ether oxygens (including phenoxy) is 8. The number of hydrogen-bond acceptors (Lipinski definition) is 8. The van der Waals surface area contributed by atoms with Gasteiger partial charge in [-0.25, -0.2) is 0 Å².